The van der Waals surface area contributed by atoms with E-state index in [1.165, 1.54) is 0 Å². The van der Waals surface area contributed by atoms with Gasteiger partial charge in [-0.3, -0.25) is 19.5 Å². The number of carbonyl (C=O) groups is 2. The fraction of sp³-hybridized carbons (Fsp3) is 0.381. The van der Waals surface area contributed by atoms with Crippen LogP contribution in [-0.4, -0.2) is 47.4 Å². The highest BCUT2D eigenvalue weighted by atomic mass is 16.2. The molecular weight excluding hydrogens is 340 g/mol. The van der Waals surface area contributed by atoms with Gasteiger partial charge in [-0.25, -0.2) is 0 Å². The molecule has 6 heteroatoms. The minimum absolute atomic E-state index is 0.0416. The number of rotatable bonds is 7. The van der Waals surface area contributed by atoms with Crippen LogP contribution in [0.15, 0.2) is 54.7 Å². The third kappa shape index (κ3) is 4.92. The van der Waals surface area contributed by atoms with E-state index >= 15 is 0 Å². The van der Waals surface area contributed by atoms with Gasteiger partial charge in [-0.05, 0) is 43.5 Å². The first kappa shape index (κ1) is 19.0. The fourth-order valence-corrected chi connectivity index (χ4v) is 3.61. The Morgan fingerprint density at radius 1 is 1.19 bits per heavy atom. The van der Waals surface area contributed by atoms with E-state index in [1.54, 1.807) is 13.2 Å². The summed E-state index contributed by atoms with van der Waals surface area (Å²) in [5.41, 5.74) is 1.91. The highest BCUT2D eigenvalue weighted by Gasteiger charge is 2.38. The first-order valence-corrected chi connectivity index (χ1v) is 9.38. The molecular formula is C21H26N4O2. The van der Waals surface area contributed by atoms with Crippen LogP contribution in [0.25, 0.3) is 0 Å². The number of hydrogen-bond acceptors (Lipinski definition) is 4. The van der Waals surface area contributed by atoms with Gasteiger partial charge in [-0.2, -0.15) is 0 Å². The molecule has 2 amide bonds. The minimum Gasteiger partial charge on any atom is -0.358 e. The fourth-order valence-electron chi connectivity index (χ4n) is 3.61. The maximum absolute atomic E-state index is 12.8. The van der Waals surface area contributed by atoms with Crippen molar-refractivity contribution >= 4 is 11.8 Å². The Morgan fingerprint density at radius 2 is 1.96 bits per heavy atom. The Labute approximate surface area is 160 Å². The number of pyridine rings is 1. The molecule has 1 aliphatic rings. The molecule has 0 radical (unpaired) electrons. The highest BCUT2D eigenvalue weighted by molar-refractivity contribution is 5.85. The standard InChI is InChI=1S/C21H26N4O2/c1-22-20(26)19(14-16-8-3-2-4-9-16)25-13-7-11-18(25)21(27)24-15-17-10-5-6-12-23-17/h2-6,8-10,12,18-19H,7,11,13-15H2,1H3,(H,22,26)(H,24,27)/t18-,19+/m0/s1. The third-order valence-corrected chi connectivity index (χ3v) is 4.99. The van der Waals surface area contributed by atoms with Gasteiger partial charge in [0.15, 0.2) is 0 Å². The molecule has 0 unspecified atom stereocenters. The number of aromatic nitrogens is 1. The number of likely N-dealkylation sites (tertiary alicyclic amines) is 1. The van der Waals surface area contributed by atoms with Gasteiger partial charge in [0, 0.05) is 13.2 Å². The molecule has 0 saturated carbocycles. The van der Waals surface area contributed by atoms with E-state index in [4.69, 9.17) is 0 Å². The maximum atomic E-state index is 12.8. The second-order valence-corrected chi connectivity index (χ2v) is 6.75. The van der Waals surface area contributed by atoms with Crippen molar-refractivity contribution in [2.75, 3.05) is 13.6 Å². The zero-order valence-corrected chi connectivity index (χ0v) is 15.6. The van der Waals surface area contributed by atoms with Gasteiger partial charge in [0.1, 0.15) is 0 Å². The molecule has 0 spiro atoms. The van der Waals surface area contributed by atoms with Gasteiger partial charge < -0.3 is 10.6 Å². The Morgan fingerprint density at radius 3 is 2.67 bits per heavy atom. The normalized spacial score (nSPS) is 18.0. The van der Waals surface area contributed by atoms with E-state index in [2.05, 4.69) is 15.6 Å². The monoisotopic (exact) mass is 366 g/mol. The van der Waals surface area contributed by atoms with Gasteiger partial charge in [0.25, 0.3) is 0 Å². The Balaban J connectivity index is 1.69. The highest BCUT2D eigenvalue weighted by Crippen LogP contribution is 2.23. The lowest BCUT2D eigenvalue weighted by Crippen LogP contribution is -2.53. The summed E-state index contributed by atoms with van der Waals surface area (Å²) in [7, 11) is 1.65. The molecule has 1 aromatic heterocycles. The van der Waals surface area contributed by atoms with Crippen LogP contribution in [0.4, 0.5) is 0 Å². The van der Waals surface area contributed by atoms with Crippen LogP contribution in [0.2, 0.25) is 0 Å². The Hall–Kier alpha value is -2.73. The summed E-state index contributed by atoms with van der Waals surface area (Å²) in [4.78, 5) is 31.6. The molecule has 27 heavy (non-hydrogen) atoms. The summed E-state index contributed by atoms with van der Waals surface area (Å²) in [6.07, 6.45) is 3.97. The van der Waals surface area contributed by atoms with E-state index in [0.29, 0.717) is 13.0 Å². The van der Waals surface area contributed by atoms with Crippen LogP contribution in [0.3, 0.4) is 0 Å². The lowest BCUT2D eigenvalue weighted by molar-refractivity contribution is -0.131. The van der Waals surface area contributed by atoms with Gasteiger partial charge in [-0.1, -0.05) is 36.4 Å². The number of nitrogens with one attached hydrogen (secondary N) is 2. The molecule has 2 aromatic rings. The predicted molar refractivity (Wildman–Crippen MR) is 104 cm³/mol. The number of carbonyl (C=O) groups excluding carboxylic acids is 2. The SMILES string of the molecule is CNC(=O)[C@@H](Cc1ccccc1)N1CCC[C@H]1C(=O)NCc1ccccn1. The van der Waals surface area contributed by atoms with E-state index < -0.39 is 0 Å². The molecule has 1 saturated heterocycles. The van der Waals surface area contributed by atoms with Crippen LogP contribution in [0.5, 0.6) is 0 Å². The van der Waals surface area contributed by atoms with Crippen molar-refractivity contribution in [3.05, 3.63) is 66.0 Å². The third-order valence-electron chi connectivity index (χ3n) is 4.99. The average molecular weight is 366 g/mol. The lowest BCUT2D eigenvalue weighted by atomic mass is 10.0. The summed E-state index contributed by atoms with van der Waals surface area (Å²) in [5, 5.41) is 5.73. The summed E-state index contributed by atoms with van der Waals surface area (Å²) in [5.74, 6) is -0.0941. The van der Waals surface area contributed by atoms with Crippen LogP contribution < -0.4 is 10.6 Å². The molecule has 1 aromatic carbocycles. The van der Waals surface area contributed by atoms with Crippen molar-refractivity contribution in [2.24, 2.45) is 0 Å². The summed E-state index contributed by atoms with van der Waals surface area (Å²) in [6, 6.07) is 14.9. The maximum Gasteiger partial charge on any atom is 0.237 e. The van der Waals surface area contributed by atoms with Crippen LogP contribution in [0, 0.1) is 0 Å². The van der Waals surface area contributed by atoms with E-state index in [0.717, 1.165) is 30.6 Å². The topological polar surface area (TPSA) is 74.3 Å². The van der Waals surface area contributed by atoms with Crippen molar-refractivity contribution in [1.82, 2.24) is 20.5 Å². The number of amides is 2. The van der Waals surface area contributed by atoms with Crippen molar-refractivity contribution in [3.8, 4) is 0 Å². The molecule has 2 atom stereocenters. The number of likely N-dealkylation sites (N-methyl/N-ethyl adjacent to an activating group) is 1. The molecule has 0 bridgehead atoms. The van der Waals surface area contributed by atoms with E-state index in [9.17, 15) is 9.59 Å². The molecule has 1 fully saturated rings. The molecule has 2 N–H and O–H groups in total. The van der Waals surface area contributed by atoms with Crippen LogP contribution in [0.1, 0.15) is 24.1 Å². The van der Waals surface area contributed by atoms with Gasteiger partial charge >= 0.3 is 0 Å². The molecule has 1 aliphatic heterocycles. The molecule has 6 nitrogen and oxygen atoms in total. The zero-order valence-electron chi connectivity index (χ0n) is 15.6. The van der Waals surface area contributed by atoms with E-state index in [-0.39, 0.29) is 23.9 Å². The van der Waals surface area contributed by atoms with E-state index in [1.807, 2.05) is 53.4 Å². The lowest BCUT2D eigenvalue weighted by Gasteiger charge is -2.31. The van der Waals surface area contributed by atoms with Crippen LogP contribution in [-0.2, 0) is 22.6 Å². The molecule has 3 rings (SSSR count). The minimum atomic E-state index is -0.356. The largest absolute Gasteiger partial charge is 0.358 e. The molecule has 2 heterocycles. The predicted octanol–water partition coefficient (Wildman–Crippen LogP) is 1.52. The van der Waals surface area contributed by atoms with Gasteiger partial charge in [0.05, 0.1) is 24.3 Å². The van der Waals surface area contributed by atoms with Crippen LogP contribution >= 0.6 is 0 Å². The molecule has 0 aliphatic carbocycles. The van der Waals surface area contributed by atoms with Crippen molar-refractivity contribution in [3.63, 3.8) is 0 Å². The number of nitrogens with zero attached hydrogens (tertiary/aromatic N) is 2. The first-order valence-electron chi connectivity index (χ1n) is 9.38. The number of benzene rings is 1. The smallest absolute Gasteiger partial charge is 0.237 e. The second kappa shape index (κ2) is 9.28. The molecule has 142 valence electrons. The Bertz CT molecular complexity index is 751. The quantitative estimate of drug-likeness (QED) is 0.779. The summed E-state index contributed by atoms with van der Waals surface area (Å²) >= 11 is 0. The second-order valence-electron chi connectivity index (χ2n) is 6.75. The Kier molecular flexibility index (Phi) is 6.54. The van der Waals surface area contributed by atoms with Gasteiger partial charge in [0.2, 0.25) is 11.8 Å². The van der Waals surface area contributed by atoms with Crippen molar-refractivity contribution < 1.29 is 9.59 Å². The first-order chi connectivity index (χ1) is 13.2. The zero-order chi connectivity index (χ0) is 19.1. The number of hydrogen-bond donors (Lipinski definition) is 2. The summed E-state index contributed by atoms with van der Waals surface area (Å²) in [6.45, 7) is 1.14. The summed E-state index contributed by atoms with van der Waals surface area (Å²) < 4.78 is 0. The van der Waals surface area contributed by atoms with Crippen molar-refractivity contribution in [1.29, 1.82) is 0 Å². The van der Waals surface area contributed by atoms with Crippen molar-refractivity contribution in [2.45, 2.75) is 37.9 Å². The van der Waals surface area contributed by atoms with Gasteiger partial charge in [-0.15, -0.1) is 0 Å². The average Bonchev–Trinajstić information content (AvgIpc) is 3.21.